The average molecular weight is 275 g/mol. The predicted octanol–water partition coefficient (Wildman–Crippen LogP) is 2.01. The molecule has 4 nitrogen and oxygen atoms in total. The number of aryl methyl sites for hydroxylation is 1. The topological polar surface area (TPSA) is 66.4 Å². The van der Waals surface area contributed by atoms with Gasteiger partial charge < -0.3 is 10.4 Å². The van der Waals surface area contributed by atoms with Crippen molar-refractivity contribution in [2.45, 2.75) is 27.2 Å². The molecule has 1 saturated carbocycles. The molecular formula is C16H21NO3. The molecule has 2 unspecified atom stereocenters. The zero-order chi connectivity index (χ0) is 14.9. The summed E-state index contributed by atoms with van der Waals surface area (Å²) in [6.45, 7) is 6.24. The fourth-order valence-corrected chi connectivity index (χ4v) is 2.90. The highest BCUT2D eigenvalue weighted by atomic mass is 16.4. The molecule has 0 aliphatic heterocycles. The van der Waals surface area contributed by atoms with E-state index in [2.05, 4.69) is 11.4 Å². The van der Waals surface area contributed by atoms with Crippen LogP contribution in [0.1, 0.15) is 25.0 Å². The third-order valence-corrected chi connectivity index (χ3v) is 4.17. The van der Waals surface area contributed by atoms with Crippen LogP contribution in [0.4, 0.5) is 0 Å². The van der Waals surface area contributed by atoms with E-state index >= 15 is 0 Å². The summed E-state index contributed by atoms with van der Waals surface area (Å²) in [7, 11) is 0. The van der Waals surface area contributed by atoms with Crippen molar-refractivity contribution in [1.29, 1.82) is 0 Å². The first-order valence-corrected chi connectivity index (χ1v) is 6.90. The SMILES string of the molecule is Cc1cccc(CCNC(=O)C2C(C(=O)O)C2(C)C)c1. The molecule has 0 aromatic heterocycles. The highest BCUT2D eigenvalue weighted by Crippen LogP contribution is 2.58. The number of rotatable bonds is 5. The summed E-state index contributed by atoms with van der Waals surface area (Å²) in [5.74, 6) is -1.98. The van der Waals surface area contributed by atoms with Gasteiger partial charge in [-0.25, -0.2) is 0 Å². The van der Waals surface area contributed by atoms with Crippen molar-refractivity contribution in [3.8, 4) is 0 Å². The van der Waals surface area contributed by atoms with Crippen LogP contribution in [0.3, 0.4) is 0 Å². The summed E-state index contributed by atoms with van der Waals surface area (Å²) in [5.41, 5.74) is 1.94. The summed E-state index contributed by atoms with van der Waals surface area (Å²) < 4.78 is 0. The van der Waals surface area contributed by atoms with Crippen molar-refractivity contribution in [2.75, 3.05) is 6.54 Å². The summed E-state index contributed by atoms with van der Waals surface area (Å²) >= 11 is 0. The van der Waals surface area contributed by atoms with Gasteiger partial charge in [-0.05, 0) is 24.3 Å². The van der Waals surface area contributed by atoms with Crippen molar-refractivity contribution in [1.82, 2.24) is 5.32 Å². The van der Waals surface area contributed by atoms with Crippen LogP contribution in [0.25, 0.3) is 0 Å². The lowest BCUT2D eigenvalue weighted by atomic mass is 10.1. The molecule has 0 radical (unpaired) electrons. The Labute approximate surface area is 119 Å². The van der Waals surface area contributed by atoms with Crippen molar-refractivity contribution < 1.29 is 14.7 Å². The monoisotopic (exact) mass is 275 g/mol. The van der Waals surface area contributed by atoms with Gasteiger partial charge in [0.05, 0.1) is 11.8 Å². The maximum absolute atomic E-state index is 12.0. The third kappa shape index (κ3) is 2.84. The number of carbonyl (C=O) groups is 2. The van der Waals surface area contributed by atoms with E-state index in [0.717, 1.165) is 6.42 Å². The molecule has 108 valence electrons. The fourth-order valence-electron chi connectivity index (χ4n) is 2.90. The number of carbonyl (C=O) groups excluding carboxylic acids is 1. The number of benzene rings is 1. The quantitative estimate of drug-likeness (QED) is 0.864. The van der Waals surface area contributed by atoms with E-state index in [-0.39, 0.29) is 5.91 Å². The second-order valence-electron chi connectivity index (χ2n) is 6.15. The van der Waals surface area contributed by atoms with Crippen LogP contribution in [0.15, 0.2) is 24.3 Å². The van der Waals surface area contributed by atoms with Crippen LogP contribution < -0.4 is 5.32 Å². The average Bonchev–Trinajstić information content (AvgIpc) is 2.92. The van der Waals surface area contributed by atoms with Crippen LogP contribution in [0, 0.1) is 24.2 Å². The smallest absolute Gasteiger partial charge is 0.307 e. The number of carboxylic acid groups (broad SMARTS) is 1. The fraction of sp³-hybridized carbons (Fsp3) is 0.500. The Balaban J connectivity index is 1.84. The minimum absolute atomic E-state index is 0.143. The summed E-state index contributed by atoms with van der Waals surface area (Å²) in [6.07, 6.45) is 0.762. The molecule has 4 heteroatoms. The Morgan fingerprint density at radius 3 is 2.55 bits per heavy atom. The van der Waals surface area contributed by atoms with Gasteiger partial charge in [-0.2, -0.15) is 0 Å². The Bertz CT molecular complexity index is 536. The lowest BCUT2D eigenvalue weighted by Crippen LogP contribution is -2.29. The second-order valence-corrected chi connectivity index (χ2v) is 6.15. The second kappa shape index (κ2) is 5.27. The first-order valence-electron chi connectivity index (χ1n) is 6.90. The third-order valence-electron chi connectivity index (χ3n) is 4.17. The maximum Gasteiger partial charge on any atom is 0.307 e. The van der Waals surface area contributed by atoms with Gasteiger partial charge in [-0.1, -0.05) is 43.7 Å². The van der Waals surface area contributed by atoms with Crippen molar-refractivity contribution in [3.05, 3.63) is 35.4 Å². The Morgan fingerprint density at radius 1 is 1.30 bits per heavy atom. The molecule has 2 atom stereocenters. The van der Waals surface area contributed by atoms with Gasteiger partial charge >= 0.3 is 5.97 Å². The van der Waals surface area contributed by atoms with E-state index in [9.17, 15) is 9.59 Å². The van der Waals surface area contributed by atoms with Crippen molar-refractivity contribution >= 4 is 11.9 Å². The highest BCUT2D eigenvalue weighted by molar-refractivity contribution is 5.91. The Morgan fingerprint density at radius 2 is 2.00 bits per heavy atom. The first-order chi connectivity index (χ1) is 9.34. The molecule has 2 N–H and O–H groups in total. The molecule has 1 aromatic carbocycles. The first kappa shape index (κ1) is 14.6. The van der Waals surface area contributed by atoms with E-state index in [1.165, 1.54) is 11.1 Å². The summed E-state index contributed by atoms with van der Waals surface area (Å²) in [5, 5.41) is 11.9. The number of amides is 1. The van der Waals surface area contributed by atoms with E-state index in [1.54, 1.807) is 0 Å². The zero-order valence-corrected chi connectivity index (χ0v) is 12.1. The standard InChI is InChI=1S/C16H21NO3/c1-10-5-4-6-11(9-10)7-8-17-14(18)12-13(15(19)20)16(12,2)3/h4-6,9,12-13H,7-8H2,1-3H3,(H,17,18)(H,19,20). The Hall–Kier alpha value is -1.84. The van der Waals surface area contributed by atoms with Crippen molar-refractivity contribution in [3.63, 3.8) is 0 Å². The summed E-state index contributed by atoms with van der Waals surface area (Å²) in [6, 6.07) is 8.15. The molecule has 0 saturated heterocycles. The van der Waals surface area contributed by atoms with Gasteiger partial charge in [0, 0.05) is 6.54 Å². The van der Waals surface area contributed by atoms with Gasteiger partial charge in [0.1, 0.15) is 0 Å². The Kier molecular flexibility index (Phi) is 3.84. The van der Waals surface area contributed by atoms with Gasteiger partial charge in [-0.3, -0.25) is 9.59 Å². The lowest BCUT2D eigenvalue weighted by Gasteiger charge is -2.06. The zero-order valence-electron chi connectivity index (χ0n) is 12.1. The van der Waals surface area contributed by atoms with Gasteiger partial charge in [0.25, 0.3) is 0 Å². The number of hydrogen-bond donors (Lipinski definition) is 2. The summed E-state index contributed by atoms with van der Waals surface area (Å²) in [4.78, 5) is 23.1. The molecule has 20 heavy (non-hydrogen) atoms. The van der Waals surface area contributed by atoms with E-state index < -0.39 is 23.2 Å². The van der Waals surface area contributed by atoms with Gasteiger partial charge in [0.15, 0.2) is 0 Å². The van der Waals surface area contributed by atoms with Gasteiger partial charge in [0.2, 0.25) is 5.91 Å². The van der Waals surface area contributed by atoms with E-state index in [0.29, 0.717) is 6.54 Å². The number of nitrogens with one attached hydrogen (secondary N) is 1. The largest absolute Gasteiger partial charge is 0.481 e. The predicted molar refractivity (Wildman–Crippen MR) is 76.3 cm³/mol. The molecule has 1 aliphatic rings. The van der Waals surface area contributed by atoms with E-state index in [1.807, 2.05) is 39.0 Å². The van der Waals surface area contributed by atoms with E-state index in [4.69, 9.17) is 5.11 Å². The minimum Gasteiger partial charge on any atom is -0.481 e. The number of carboxylic acids is 1. The molecule has 1 aromatic rings. The number of hydrogen-bond acceptors (Lipinski definition) is 2. The van der Waals surface area contributed by atoms with Gasteiger partial charge in [-0.15, -0.1) is 0 Å². The van der Waals surface area contributed by atoms with Crippen molar-refractivity contribution in [2.24, 2.45) is 17.3 Å². The molecule has 1 fully saturated rings. The molecule has 0 bridgehead atoms. The normalized spacial score (nSPS) is 23.1. The molecular weight excluding hydrogens is 254 g/mol. The van der Waals surface area contributed by atoms with Crippen LogP contribution in [0.2, 0.25) is 0 Å². The lowest BCUT2D eigenvalue weighted by molar-refractivity contribution is -0.140. The molecule has 1 amide bonds. The maximum atomic E-state index is 12.0. The van der Waals surface area contributed by atoms with Crippen LogP contribution in [0.5, 0.6) is 0 Å². The van der Waals surface area contributed by atoms with Crippen LogP contribution in [-0.2, 0) is 16.0 Å². The van der Waals surface area contributed by atoms with Crippen LogP contribution >= 0.6 is 0 Å². The molecule has 2 rings (SSSR count). The molecule has 1 aliphatic carbocycles. The number of aliphatic carboxylic acids is 1. The molecule has 0 heterocycles. The minimum atomic E-state index is -0.881. The van der Waals surface area contributed by atoms with Crippen LogP contribution in [-0.4, -0.2) is 23.5 Å². The highest BCUT2D eigenvalue weighted by Gasteiger charge is 2.65. The molecule has 0 spiro atoms.